The van der Waals surface area contributed by atoms with Gasteiger partial charge in [0.2, 0.25) is 5.91 Å². The summed E-state index contributed by atoms with van der Waals surface area (Å²) >= 11 is 0. The normalized spacial score (nSPS) is 11.8. The fraction of sp³-hybridized carbons (Fsp3) is 0.400. The summed E-state index contributed by atoms with van der Waals surface area (Å²) in [5.41, 5.74) is 0.305. The van der Waals surface area contributed by atoms with Crippen LogP contribution < -0.4 is 15.6 Å². The molecule has 2 rings (SSSR count). The molecule has 1 unspecified atom stereocenters. The summed E-state index contributed by atoms with van der Waals surface area (Å²) in [7, 11) is 2.64. The van der Waals surface area contributed by atoms with Crippen LogP contribution in [0.25, 0.3) is 11.3 Å². The summed E-state index contributed by atoms with van der Waals surface area (Å²) in [6, 6.07) is 5.82. The molecule has 0 fully saturated rings. The molecule has 1 amide bonds. The molecule has 0 aliphatic rings. The molecule has 0 radical (unpaired) electrons. The maximum Gasteiger partial charge on any atom is 0.328 e. The monoisotopic (exact) mass is 405 g/mol. The fourth-order valence-electron chi connectivity index (χ4n) is 2.79. The van der Waals surface area contributed by atoms with E-state index in [9.17, 15) is 18.8 Å². The second kappa shape index (κ2) is 9.81. The van der Waals surface area contributed by atoms with E-state index in [1.54, 1.807) is 0 Å². The topological polar surface area (TPSA) is 99.5 Å². The van der Waals surface area contributed by atoms with E-state index in [2.05, 4.69) is 10.4 Å². The molecule has 0 aliphatic heterocycles. The highest BCUT2D eigenvalue weighted by Crippen LogP contribution is 2.28. The summed E-state index contributed by atoms with van der Waals surface area (Å²) in [6.07, 6.45) is 0.396. The molecule has 1 heterocycles. The Labute approximate surface area is 167 Å². The number of carbonyl (C=O) groups excluding carboxylic acids is 2. The van der Waals surface area contributed by atoms with Crippen molar-refractivity contribution in [1.29, 1.82) is 0 Å². The van der Waals surface area contributed by atoms with E-state index in [0.717, 1.165) is 4.68 Å². The number of aromatic nitrogens is 2. The third-order valence-electron chi connectivity index (χ3n) is 4.13. The minimum Gasteiger partial charge on any atom is -0.496 e. The number of nitrogens with one attached hydrogen (secondary N) is 1. The van der Waals surface area contributed by atoms with Crippen LogP contribution >= 0.6 is 0 Å². The van der Waals surface area contributed by atoms with Gasteiger partial charge in [-0.15, -0.1) is 0 Å². The lowest BCUT2D eigenvalue weighted by Gasteiger charge is -2.18. The van der Waals surface area contributed by atoms with Crippen LogP contribution in [0.3, 0.4) is 0 Å². The number of hydrogen-bond donors (Lipinski definition) is 1. The molecule has 0 bridgehead atoms. The van der Waals surface area contributed by atoms with Crippen molar-refractivity contribution < 1.29 is 23.5 Å². The molecular weight excluding hydrogens is 381 g/mol. The van der Waals surface area contributed by atoms with E-state index < -0.39 is 29.3 Å². The van der Waals surface area contributed by atoms with Crippen molar-refractivity contribution in [3.63, 3.8) is 0 Å². The van der Waals surface area contributed by atoms with E-state index in [4.69, 9.17) is 9.47 Å². The number of esters is 1. The predicted molar refractivity (Wildman–Crippen MR) is 104 cm³/mol. The van der Waals surface area contributed by atoms with Crippen LogP contribution in [-0.4, -0.2) is 41.9 Å². The Kier molecular flexibility index (Phi) is 7.46. The number of benzene rings is 1. The first-order valence-corrected chi connectivity index (χ1v) is 9.04. The largest absolute Gasteiger partial charge is 0.496 e. The third-order valence-corrected chi connectivity index (χ3v) is 4.13. The first kappa shape index (κ1) is 22.1. The van der Waals surface area contributed by atoms with Crippen molar-refractivity contribution in [1.82, 2.24) is 15.1 Å². The van der Waals surface area contributed by atoms with Crippen LogP contribution in [0.2, 0.25) is 0 Å². The van der Waals surface area contributed by atoms with Crippen LogP contribution in [0.1, 0.15) is 20.3 Å². The maximum absolute atomic E-state index is 13.4. The van der Waals surface area contributed by atoms with Crippen molar-refractivity contribution in [3.8, 4) is 17.0 Å². The Morgan fingerprint density at radius 2 is 1.93 bits per heavy atom. The molecule has 8 nitrogen and oxygen atoms in total. The fourth-order valence-corrected chi connectivity index (χ4v) is 2.79. The van der Waals surface area contributed by atoms with Gasteiger partial charge < -0.3 is 14.8 Å². The molecule has 29 heavy (non-hydrogen) atoms. The Balaban J connectivity index is 2.25. The second-order valence-electron chi connectivity index (χ2n) is 6.83. The molecule has 1 N–H and O–H groups in total. The lowest BCUT2D eigenvalue weighted by Crippen LogP contribution is -2.44. The van der Waals surface area contributed by atoms with Crippen LogP contribution in [0.15, 0.2) is 35.1 Å². The quantitative estimate of drug-likeness (QED) is 0.672. The van der Waals surface area contributed by atoms with Gasteiger partial charge in [0.1, 0.15) is 24.2 Å². The Morgan fingerprint density at radius 1 is 1.21 bits per heavy atom. The van der Waals surface area contributed by atoms with E-state index in [1.807, 2.05) is 13.8 Å². The molecule has 1 aromatic carbocycles. The number of nitrogens with zero attached hydrogens (tertiary/aromatic N) is 2. The zero-order chi connectivity index (χ0) is 21.6. The Morgan fingerprint density at radius 3 is 2.55 bits per heavy atom. The SMILES string of the molecule is COC(=O)C(CC(C)C)NC(=O)Cn1nc(-c2ccc(F)cc2OC)ccc1=O. The highest BCUT2D eigenvalue weighted by atomic mass is 19.1. The number of methoxy groups -OCH3 is 2. The van der Waals surface area contributed by atoms with E-state index >= 15 is 0 Å². The van der Waals surface area contributed by atoms with Gasteiger partial charge in [-0.3, -0.25) is 9.59 Å². The zero-order valence-corrected chi connectivity index (χ0v) is 16.8. The first-order chi connectivity index (χ1) is 13.7. The van der Waals surface area contributed by atoms with E-state index in [1.165, 1.54) is 44.6 Å². The van der Waals surface area contributed by atoms with Gasteiger partial charge in [-0.2, -0.15) is 5.10 Å². The van der Waals surface area contributed by atoms with Crippen molar-refractivity contribution >= 4 is 11.9 Å². The molecule has 0 aliphatic carbocycles. The van der Waals surface area contributed by atoms with Gasteiger partial charge in [0.25, 0.3) is 5.56 Å². The third kappa shape index (κ3) is 5.87. The number of ether oxygens (including phenoxy) is 2. The number of carbonyl (C=O) groups is 2. The first-order valence-electron chi connectivity index (χ1n) is 9.04. The standard InChI is InChI=1S/C20H24FN3O5/c1-12(2)9-16(20(27)29-4)22-18(25)11-24-19(26)8-7-15(23-24)14-6-5-13(21)10-17(14)28-3/h5-8,10,12,16H,9,11H2,1-4H3,(H,22,25). The highest BCUT2D eigenvalue weighted by Gasteiger charge is 2.23. The summed E-state index contributed by atoms with van der Waals surface area (Å²) in [5.74, 6) is -1.20. The summed E-state index contributed by atoms with van der Waals surface area (Å²) in [6.45, 7) is 3.43. The van der Waals surface area contributed by atoms with Gasteiger partial charge >= 0.3 is 5.97 Å². The van der Waals surface area contributed by atoms with Gasteiger partial charge in [-0.1, -0.05) is 13.8 Å². The number of halogens is 1. The lowest BCUT2D eigenvalue weighted by atomic mass is 10.0. The molecule has 156 valence electrons. The predicted octanol–water partition coefficient (Wildman–Crippen LogP) is 1.76. The minimum atomic E-state index is -0.816. The molecule has 1 aromatic heterocycles. The van der Waals surface area contributed by atoms with Gasteiger partial charge in [0, 0.05) is 17.7 Å². The lowest BCUT2D eigenvalue weighted by molar-refractivity contribution is -0.145. The van der Waals surface area contributed by atoms with E-state index in [0.29, 0.717) is 17.7 Å². The molecule has 0 saturated heterocycles. The molecular formula is C20H24FN3O5. The van der Waals surface area contributed by atoms with Crippen LogP contribution in [-0.2, 0) is 20.9 Å². The van der Waals surface area contributed by atoms with Crippen LogP contribution in [0.4, 0.5) is 4.39 Å². The van der Waals surface area contributed by atoms with E-state index in [-0.39, 0.29) is 18.2 Å². The smallest absolute Gasteiger partial charge is 0.328 e. The average Bonchev–Trinajstić information content (AvgIpc) is 2.68. The van der Waals surface area contributed by atoms with Crippen LogP contribution in [0, 0.1) is 11.7 Å². The van der Waals surface area contributed by atoms with Crippen molar-refractivity contribution in [2.45, 2.75) is 32.9 Å². The van der Waals surface area contributed by atoms with Crippen molar-refractivity contribution in [3.05, 3.63) is 46.5 Å². The van der Waals surface area contributed by atoms with Crippen LogP contribution in [0.5, 0.6) is 5.75 Å². The Bertz CT molecular complexity index is 942. The number of hydrogen-bond acceptors (Lipinski definition) is 6. The van der Waals surface area contributed by atoms with Gasteiger partial charge in [0.05, 0.1) is 19.9 Å². The van der Waals surface area contributed by atoms with Crippen molar-refractivity contribution in [2.24, 2.45) is 5.92 Å². The maximum atomic E-state index is 13.4. The summed E-state index contributed by atoms with van der Waals surface area (Å²) in [4.78, 5) is 36.4. The molecule has 9 heteroatoms. The molecule has 2 aromatic rings. The number of rotatable bonds is 8. The number of amides is 1. The molecule has 0 spiro atoms. The van der Waals surface area contributed by atoms with Crippen molar-refractivity contribution in [2.75, 3.05) is 14.2 Å². The average molecular weight is 405 g/mol. The minimum absolute atomic E-state index is 0.148. The van der Waals surface area contributed by atoms with Gasteiger partial charge in [0.15, 0.2) is 0 Å². The molecule has 0 saturated carbocycles. The molecule has 1 atom stereocenters. The highest BCUT2D eigenvalue weighted by molar-refractivity contribution is 5.84. The van der Waals surface area contributed by atoms with Gasteiger partial charge in [-0.05, 0) is 30.5 Å². The zero-order valence-electron chi connectivity index (χ0n) is 16.8. The Hall–Kier alpha value is -3.23. The summed E-state index contributed by atoms with van der Waals surface area (Å²) in [5, 5.41) is 6.76. The second-order valence-corrected chi connectivity index (χ2v) is 6.83. The summed E-state index contributed by atoms with van der Waals surface area (Å²) < 4.78 is 24.3. The van der Waals surface area contributed by atoms with Gasteiger partial charge in [-0.25, -0.2) is 13.9 Å².